The maximum atomic E-state index is 12.4. The van der Waals surface area contributed by atoms with E-state index in [2.05, 4.69) is 25.4 Å². The quantitative estimate of drug-likeness (QED) is 0.714. The van der Waals surface area contributed by atoms with E-state index in [1.54, 1.807) is 6.07 Å². The van der Waals surface area contributed by atoms with Gasteiger partial charge in [0.1, 0.15) is 18.4 Å². The van der Waals surface area contributed by atoms with Gasteiger partial charge < -0.3 is 20.1 Å². The molecule has 0 radical (unpaired) electrons. The number of phenols is 1. The van der Waals surface area contributed by atoms with E-state index in [-0.39, 0.29) is 11.4 Å². The van der Waals surface area contributed by atoms with Crippen LogP contribution in [-0.4, -0.2) is 47.0 Å². The summed E-state index contributed by atoms with van der Waals surface area (Å²) >= 11 is 0.923. The Balaban J connectivity index is 1.85. The number of amides is 1. The molecule has 0 bridgehead atoms. The second-order valence-corrected chi connectivity index (χ2v) is 5.61. The number of rotatable bonds is 2. The fourth-order valence-corrected chi connectivity index (χ4v) is 2.63. The monoisotopic (exact) mass is 339 g/mol. The number of aliphatic imine (C=N–C) groups is 2. The Hall–Kier alpha value is -2.49. The van der Waals surface area contributed by atoms with Crippen molar-refractivity contribution in [1.29, 1.82) is 0 Å². The molecular weight excluding hydrogens is 325 g/mol. The molecule has 1 aromatic rings. The molecule has 2 aliphatic heterocycles. The molecule has 0 spiro atoms. The first kappa shape index (κ1) is 15.4. The SMILES string of the molecule is COC(=O)Nc1cc2c(cc1O)NC1=NC(SCF)=NCN1C2. The van der Waals surface area contributed by atoms with Gasteiger partial charge in [0, 0.05) is 18.3 Å². The zero-order valence-corrected chi connectivity index (χ0v) is 13.0. The summed E-state index contributed by atoms with van der Waals surface area (Å²) in [5.41, 5.74) is 1.77. The van der Waals surface area contributed by atoms with Crippen LogP contribution in [-0.2, 0) is 11.3 Å². The summed E-state index contributed by atoms with van der Waals surface area (Å²) in [7, 11) is 1.24. The van der Waals surface area contributed by atoms with Gasteiger partial charge in [-0.1, -0.05) is 11.8 Å². The molecule has 8 nitrogen and oxygen atoms in total. The maximum absolute atomic E-state index is 12.4. The number of guanidine groups is 1. The van der Waals surface area contributed by atoms with Crippen LogP contribution in [0.5, 0.6) is 5.75 Å². The highest BCUT2D eigenvalue weighted by molar-refractivity contribution is 8.13. The third-order valence-corrected chi connectivity index (χ3v) is 3.90. The van der Waals surface area contributed by atoms with Gasteiger partial charge in [-0.2, -0.15) is 4.99 Å². The first-order chi connectivity index (χ1) is 11.1. The normalized spacial score (nSPS) is 15.7. The summed E-state index contributed by atoms with van der Waals surface area (Å²) in [5, 5.41) is 15.9. The molecule has 0 saturated heterocycles. The fraction of sp³-hybridized carbons (Fsp3) is 0.308. The first-order valence-corrected chi connectivity index (χ1v) is 7.64. The van der Waals surface area contributed by atoms with Gasteiger partial charge in [-0.05, 0) is 11.6 Å². The highest BCUT2D eigenvalue weighted by atomic mass is 32.2. The molecule has 23 heavy (non-hydrogen) atoms. The summed E-state index contributed by atoms with van der Waals surface area (Å²) in [4.78, 5) is 21.6. The van der Waals surface area contributed by atoms with E-state index in [0.29, 0.717) is 30.0 Å². The Morgan fingerprint density at radius 2 is 2.43 bits per heavy atom. The third-order valence-electron chi connectivity index (χ3n) is 3.31. The highest BCUT2D eigenvalue weighted by Gasteiger charge is 2.25. The number of phenolic OH excluding ortho intramolecular Hbond substituents is 1. The number of methoxy groups -OCH3 is 1. The average molecular weight is 339 g/mol. The molecular formula is C13H14FN5O3S. The number of benzene rings is 1. The molecule has 1 aromatic carbocycles. The molecule has 0 aliphatic carbocycles. The lowest BCUT2D eigenvalue weighted by Crippen LogP contribution is -2.42. The highest BCUT2D eigenvalue weighted by Crippen LogP contribution is 2.34. The van der Waals surface area contributed by atoms with Crippen LogP contribution in [0.25, 0.3) is 0 Å². The maximum Gasteiger partial charge on any atom is 0.411 e. The van der Waals surface area contributed by atoms with Crippen LogP contribution in [0.3, 0.4) is 0 Å². The van der Waals surface area contributed by atoms with Gasteiger partial charge >= 0.3 is 6.09 Å². The van der Waals surface area contributed by atoms with Crippen LogP contribution in [0.2, 0.25) is 0 Å². The number of fused-ring (bicyclic) bond motifs is 2. The van der Waals surface area contributed by atoms with Crippen LogP contribution < -0.4 is 10.6 Å². The molecule has 2 heterocycles. The molecule has 0 fully saturated rings. The number of amidine groups is 1. The minimum Gasteiger partial charge on any atom is -0.506 e. The zero-order valence-electron chi connectivity index (χ0n) is 12.2. The van der Waals surface area contributed by atoms with E-state index < -0.39 is 12.1 Å². The lowest BCUT2D eigenvalue weighted by molar-refractivity contribution is 0.187. The van der Waals surface area contributed by atoms with Crippen molar-refractivity contribution in [3.05, 3.63) is 17.7 Å². The van der Waals surface area contributed by atoms with Crippen molar-refractivity contribution in [2.45, 2.75) is 6.54 Å². The molecule has 3 N–H and O–H groups in total. The van der Waals surface area contributed by atoms with E-state index >= 15 is 0 Å². The van der Waals surface area contributed by atoms with Crippen molar-refractivity contribution >= 4 is 40.4 Å². The molecule has 3 rings (SSSR count). The number of hydrogen-bond acceptors (Lipinski definition) is 8. The zero-order chi connectivity index (χ0) is 16.4. The van der Waals surface area contributed by atoms with Crippen molar-refractivity contribution in [1.82, 2.24) is 4.90 Å². The number of nitrogens with zero attached hydrogens (tertiary/aromatic N) is 3. The van der Waals surface area contributed by atoms with Crippen molar-refractivity contribution in [2.75, 3.05) is 30.4 Å². The average Bonchev–Trinajstić information content (AvgIpc) is 2.54. The van der Waals surface area contributed by atoms with E-state index in [1.807, 2.05) is 4.90 Å². The number of halogens is 1. The van der Waals surface area contributed by atoms with Gasteiger partial charge in [-0.3, -0.25) is 5.32 Å². The lowest BCUT2D eigenvalue weighted by Gasteiger charge is -2.33. The van der Waals surface area contributed by atoms with Gasteiger partial charge in [-0.25, -0.2) is 14.2 Å². The van der Waals surface area contributed by atoms with E-state index in [9.17, 15) is 14.3 Å². The Labute approximate surface area is 135 Å². The fourth-order valence-electron chi connectivity index (χ4n) is 2.24. The van der Waals surface area contributed by atoms with Crippen molar-refractivity contribution in [2.24, 2.45) is 9.98 Å². The predicted molar refractivity (Wildman–Crippen MR) is 86.6 cm³/mol. The van der Waals surface area contributed by atoms with Crippen molar-refractivity contribution < 1.29 is 19.0 Å². The topological polar surface area (TPSA) is 98.5 Å². The Bertz CT molecular complexity index is 709. The van der Waals surface area contributed by atoms with Crippen LogP contribution in [0.4, 0.5) is 20.6 Å². The van der Waals surface area contributed by atoms with Crippen LogP contribution in [0, 0.1) is 0 Å². The van der Waals surface area contributed by atoms with E-state index in [4.69, 9.17) is 0 Å². The first-order valence-electron chi connectivity index (χ1n) is 6.65. The van der Waals surface area contributed by atoms with Gasteiger partial charge in [-0.15, -0.1) is 0 Å². The molecule has 122 valence electrons. The molecule has 0 unspecified atom stereocenters. The van der Waals surface area contributed by atoms with Crippen molar-refractivity contribution in [3.8, 4) is 5.75 Å². The third kappa shape index (κ3) is 3.16. The number of anilines is 2. The molecule has 1 amide bonds. The molecule has 10 heteroatoms. The standard InChI is InChI=1S/C13H14FN5O3S/c1-22-13(21)17-9-2-7-4-19-6-15-12(23-5-14)18-11(19)16-8(7)3-10(9)20/h2-3,20H,4-6H2,1H3,(H,17,21)(H,15,16,18). The summed E-state index contributed by atoms with van der Waals surface area (Å²) < 4.78 is 16.9. The number of hydrogen-bond donors (Lipinski definition) is 3. The number of ether oxygens (including phenoxy) is 1. The summed E-state index contributed by atoms with van der Waals surface area (Å²) in [5.74, 6) is 0.454. The lowest BCUT2D eigenvalue weighted by atomic mass is 10.1. The number of carbonyl (C=O) groups excluding carboxylic acids is 1. The molecule has 2 aliphatic rings. The minimum atomic E-state index is -0.665. The van der Waals surface area contributed by atoms with Crippen LogP contribution in [0.15, 0.2) is 22.1 Å². The largest absolute Gasteiger partial charge is 0.506 e. The smallest absolute Gasteiger partial charge is 0.411 e. The minimum absolute atomic E-state index is 0.0986. The molecule has 0 saturated carbocycles. The number of aromatic hydroxyl groups is 1. The second-order valence-electron chi connectivity index (χ2n) is 4.74. The number of alkyl halides is 1. The summed E-state index contributed by atoms with van der Waals surface area (Å²) in [6, 6.07) is 2.56. The Kier molecular flexibility index (Phi) is 4.24. The van der Waals surface area contributed by atoms with Crippen LogP contribution in [0.1, 0.15) is 5.56 Å². The molecule has 0 atom stereocenters. The Morgan fingerprint density at radius 1 is 1.61 bits per heavy atom. The van der Waals surface area contributed by atoms with Gasteiger partial charge in [0.2, 0.25) is 5.96 Å². The number of carbonyl (C=O) groups is 1. The number of thioether (sulfide) groups is 1. The van der Waals surface area contributed by atoms with Crippen molar-refractivity contribution in [3.63, 3.8) is 0 Å². The van der Waals surface area contributed by atoms with Gasteiger partial charge in [0.05, 0.1) is 12.8 Å². The van der Waals surface area contributed by atoms with E-state index in [1.165, 1.54) is 13.2 Å². The van der Waals surface area contributed by atoms with Gasteiger partial charge in [0.25, 0.3) is 0 Å². The Morgan fingerprint density at radius 3 is 3.17 bits per heavy atom. The van der Waals surface area contributed by atoms with Gasteiger partial charge in [0.15, 0.2) is 5.17 Å². The molecule has 0 aromatic heterocycles. The van der Waals surface area contributed by atoms with Crippen LogP contribution >= 0.6 is 11.8 Å². The summed E-state index contributed by atoms with van der Waals surface area (Å²) in [6.07, 6.45) is -0.665. The summed E-state index contributed by atoms with van der Waals surface area (Å²) in [6.45, 7) is 0.850. The second kappa shape index (κ2) is 6.32. The number of nitrogens with one attached hydrogen (secondary N) is 2. The van der Waals surface area contributed by atoms with E-state index in [0.717, 1.165) is 17.3 Å². The predicted octanol–water partition coefficient (Wildman–Crippen LogP) is 2.14.